The van der Waals surface area contributed by atoms with Gasteiger partial charge >= 0.3 is 4.87 Å². The van der Waals surface area contributed by atoms with Crippen molar-refractivity contribution in [2.75, 3.05) is 5.32 Å². The van der Waals surface area contributed by atoms with E-state index >= 15 is 0 Å². The minimum Gasteiger partial charge on any atom is -0.382 e. The van der Waals surface area contributed by atoms with Gasteiger partial charge in [0.25, 0.3) is 0 Å². The molecule has 0 saturated carbocycles. The fraction of sp³-hybridized carbons (Fsp3) is 0.435. The molecule has 1 aromatic heterocycles. The number of hydrogen-bond acceptors (Lipinski definition) is 3. The van der Waals surface area contributed by atoms with Gasteiger partial charge in [-0.3, -0.25) is 4.79 Å². The Morgan fingerprint density at radius 3 is 2.48 bits per heavy atom. The Hall–Kier alpha value is -2.07. The minimum absolute atomic E-state index is 0.0216. The summed E-state index contributed by atoms with van der Waals surface area (Å²) in [6.07, 6.45) is 2.09. The van der Waals surface area contributed by atoms with Gasteiger partial charge in [0.15, 0.2) is 0 Å². The van der Waals surface area contributed by atoms with Crippen molar-refractivity contribution >= 4 is 27.2 Å². The number of fused-ring (bicyclic) bond motifs is 2. The summed E-state index contributed by atoms with van der Waals surface area (Å²) in [5.41, 5.74) is 6.54. The van der Waals surface area contributed by atoms with Gasteiger partial charge in [0.2, 0.25) is 0 Å². The molecule has 0 fully saturated rings. The number of aromatic amines is 1. The molecule has 1 unspecified atom stereocenters. The first-order valence-corrected chi connectivity index (χ1v) is 10.5. The molecular weight excluding hydrogens is 352 g/mol. The van der Waals surface area contributed by atoms with E-state index in [1.54, 1.807) is 0 Å². The van der Waals surface area contributed by atoms with Crippen LogP contribution in [0.2, 0.25) is 0 Å². The Labute approximate surface area is 164 Å². The van der Waals surface area contributed by atoms with Gasteiger partial charge in [-0.15, -0.1) is 0 Å². The molecule has 0 saturated heterocycles. The Morgan fingerprint density at radius 1 is 1.04 bits per heavy atom. The molecule has 0 aliphatic carbocycles. The average molecular weight is 381 g/mol. The molecule has 4 rings (SSSR count). The predicted molar refractivity (Wildman–Crippen MR) is 116 cm³/mol. The summed E-state index contributed by atoms with van der Waals surface area (Å²) in [7, 11) is 0. The SMILES string of the molecule is CC(C)(C)c1cccc2c1CC(CC(C)(C)c1cccc3[nH]c(=O)sc13)N2. The molecule has 1 aliphatic heterocycles. The Kier molecular flexibility index (Phi) is 4.22. The monoisotopic (exact) mass is 380 g/mol. The fourth-order valence-electron chi connectivity index (χ4n) is 4.52. The zero-order valence-electron chi connectivity index (χ0n) is 16.8. The molecule has 0 amide bonds. The van der Waals surface area contributed by atoms with Crippen LogP contribution in [0.3, 0.4) is 0 Å². The van der Waals surface area contributed by atoms with Gasteiger partial charge < -0.3 is 10.3 Å². The molecule has 0 bridgehead atoms. The van der Waals surface area contributed by atoms with E-state index in [-0.39, 0.29) is 15.7 Å². The highest BCUT2D eigenvalue weighted by Gasteiger charge is 2.33. The first kappa shape index (κ1) is 18.3. The lowest BCUT2D eigenvalue weighted by Crippen LogP contribution is -2.28. The van der Waals surface area contributed by atoms with Crippen LogP contribution in [-0.4, -0.2) is 11.0 Å². The zero-order chi connectivity index (χ0) is 19.4. The third kappa shape index (κ3) is 3.31. The van der Waals surface area contributed by atoms with Crippen LogP contribution >= 0.6 is 11.3 Å². The highest BCUT2D eigenvalue weighted by molar-refractivity contribution is 7.16. The van der Waals surface area contributed by atoms with E-state index in [0.717, 1.165) is 23.1 Å². The van der Waals surface area contributed by atoms with Crippen molar-refractivity contribution in [1.82, 2.24) is 4.98 Å². The number of hydrogen-bond donors (Lipinski definition) is 2. The number of anilines is 1. The summed E-state index contributed by atoms with van der Waals surface area (Å²) in [5, 5.41) is 3.76. The Morgan fingerprint density at radius 2 is 1.74 bits per heavy atom. The van der Waals surface area contributed by atoms with E-state index in [0.29, 0.717) is 6.04 Å². The van der Waals surface area contributed by atoms with Gasteiger partial charge in [0, 0.05) is 11.7 Å². The quantitative estimate of drug-likeness (QED) is 0.622. The number of nitrogens with one attached hydrogen (secondary N) is 2. The summed E-state index contributed by atoms with van der Waals surface area (Å²) in [5.74, 6) is 0. The summed E-state index contributed by atoms with van der Waals surface area (Å²) >= 11 is 1.33. The average Bonchev–Trinajstić information content (AvgIpc) is 3.13. The molecule has 3 nitrogen and oxygen atoms in total. The highest BCUT2D eigenvalue weighted by Crippen LogP contribution is 2.40. The van der Waals surface area contributed by atoms with Gasteiger partial charge in [-0.05, 0) is 52.5 Å². The van der Waals surface area contributed by atoms with E-state index < -0.39 is 0 Å². The van der Waals surface area contributed by atoms with Gasteiger partial charge in [-0.25, -0.2) is 0 Å². The van der Waals surface area contributed by atoms with Crippen molar-refractivity contribution in [3.63, 3.8) is 0 Å². The van der Waals surface area contributed by atoms with Crippen molar-refractivity contribution in [2.45, 2.75) is 64.3 Å². The zero-order valence-corrected chi connectivity index (χ0v) is 17.6. The largest absolute Gasteiger partial charge is 0.382 e. The standard InChI is InChI=1S/C23H28N2OS/c1-22(2,3)16-8-6-10-18-15(16)12-14(24-18)13-23(4,5)17-9-7-11-19-20(17)27-21(26)25-19/h6-11,14,24H,12-13H2,1-5H3,(H,25,26). The smallest absolute Gasteiger partial charge is 0.305 e. The number of benzene rings is 2. The lowest BCUT2D eigenvalue weighted by molar-refractivity contribution is 0.444. The van der Waals surface area contributed by atoms with Crippen LogP contribution in [0, 0.1) is 0 Å². The van der Waals surface area contributed by atoms with Crippen LogP contribution in [0.5, 0.6) is 0 Å². The lowest BCUT2D eigenvalue weighted by Gasteiger charge is -2.29. The molecule has 3 aromatic rings. The van der Waals surface area contributed by atoms with Gasteiger partial charge in [-0.1, -0.05) is 70.2 Å². The lowest BCUT2D eigenvalue weighted by atomic mass is 9.77. The van der Waals surface area contributed by atoms with Gasteiger partial charge in [0.05, 0.1) is 10.2 Å². The summed E-state index contributed by atoms with van der Waals surface area (Å²) in [6, 6.07) is 13.3. The molecule has 27 heavy (non-hydrogen) atoms. The molecule has 1 aliphatic rings. The maximum atomic E-state index is 11.8. The van der Waals surface area contributed by atoms with Crippen LogP contribution in [0.4, 0.5) is 5.69 Å². The van der Waals surface area contributed by atoms with Crippen LogP contribution < -0.4 is 10.2 Å². The molecule has 2 aromatic carbocycles. The fourth-order valence-corrected chi connectivity index (χ4v) is 5.55. The van der Waals surface area contributed by atoms with Crippen molar-refractivity contribution < 1.29 is 0 Å². The second-order valence-corrected chi connectivity index (χ2v) is 10.4. The Bertz CT molecular complexity index is 1050. The predicted octanol–water partition coefficient (Wildman–Crippen LogP) is 5.59. The molecule has 2 N–H and O–H groups in total. The second-order valence-electron chi connectivity index (χ2n) is 9.41. The molecule has 0 spiro atoms. The molecule has 142 valence electrons. The minimum atomic E-state index is -0.0216. The highest BCUT2D eigenvalue weighted by atomic mass is 32.1. The van der Waals surface area contributed by atoms with Crippen LogP contribution in [0.1, 0.15) is 57.7 Å². The summed E-state index contributed by atoms with van der Waals surface area (Å²) < 4.78 is 1.10. The third-order valence-electron chi connectivity index (χ3n) is 5.73. The number of aromatic nitrogens is 1. The number of rotatable bonds is 3. The Balaban J connectivity index is 1.63. The van der Waals surface area contributed by atoms with E-state index in [4.69, 9.17) is 0 Å². The second kappa shape index (κ2) is 6.23. The number of H-pyrrole nitrogens is 1. The van der Waals surface area contributed by atoms with Gasteiger partial charge in [0.1, 0.15) is 0 Å². The van der Waals surface area contributed by atoms with E-state index in [2.05, 4.69) is 75.3 Å². The van der Waals surface area contributed by atoms with Gasteiger partial charge in [-0.2, -0.15) is 0 Å². The molecule has 0 radical (unpaired) electrons. The first-order chi connectivity index (χ1) is 12.6. The normalized spacial score (nSPS) is 17.1. The van der Waals surface area contributed by atoms with E-state index in [1.165, 1.54) is 33.7 Å². The van der Waals surface area contributed by atoms with E-state index in [1.807, 2.05) is 6.07 Å². The van der Waals surface area contributed by atoms with Crippen LogP contribution in [-0.2, 0) is 17.3 Å². The molecule has 4 heteroatoms. The van der Waals surface area contributed by atoms with Crippen molar-refractivity contribution in [1.29, 1.82) is 0 Å². The molecule has 2 heterocycles. The first-order valence-electron chi connectivity index (χ1n) is 9.66. The van der Waals surface area contributed by atoms with E-state index in [9.17, 15) is 4.79 Å². The topological polar surface area (TPSA) is 44.9 Å². The van der Waals surface area contributed by atoms with Crippen molar-refractivity contribution in [3.05, 3.63) is 62.8 Å². The molecule has 1 atom stereocenters. The number of thiazole rings is 1. The van der Waals surface area contributed by atoms with Crippen LogP contribution in [0.15, 0.2) is 41.2 Å². The maximum Gasteiger partial charge on any atom is 0.305 e. The van der Waals surface area contributed by atoms with Crippen LogP contribution in [0.25, 0.3) is 10.2 Å². The third-order valence-corrected chi connectivity index (χ3v) is 6.66. The maximum absolute atomic E-state index is 11.8. The van der Waals surface area contributed by atoms with Crippen molar-refractivity contribution in [3.8, 4) is 0 Å². The molecular formula is C23H28N2OS. The van der Waals surface area contributed by atoms with Crippen molar-refractivity contribution in [2.24, 2.45) is 0 Å². The summed E-state index contributed by atoms with van der Waals surface area (Å²) in [6.45, 7) is 11.4. The summed E-state index contributed by atoms with van der Waals surface area (Å²) in [4.78, 5) is 14.8.